The minimum absolute atomic E-state index is 0.656. The first-order chi connectivity index (χ1) is 16.8. The number of nitrogens with zero attached hydrogens (tertiary/aromatic N) is 3. The highest BCUT2D eigenvalue weighted by molar-refractivity contribution is 5.56. The van der Waals surface area contributed by atoms with Gasteiger partial charge >= 0.3 is 0 Å². The summed E-state index contributed by atoms with van der Waals surface area (Å²) in [5.41, 5.74) is 2.91. The number of aryl methyl sites for hydroxylation is 1. The van der Waals surface area contributed by atoms with Gasteiger partial charge in [0.25, 0.3) is 0 Å². The molecule has 34 heavy (non-hydrogen) atoms. The van der Waals surface area contributed by atoms with E-state index in [0.717, 1.165) is 61.8 Å². The molecule has 0 atom stereocenters. The number of pyridine rings is 1. The molecule has 2 heterocycles. The first-order valence-electron chi connectivity index (χ1n) is 13.8. The van der Waals surface area contributed by atoms with Gasteiger partial charge in [-0.15, -0.1) is 0 Å². The molecule has 1 aliphatic carbocycles. The van der Waals surface area contributed by atoms with E-state index in [2.05, 4.69) is 21.9 Å². The summed E-state index contributed by atoms with van der Waals surface area (Å²) < 4.78 is 11.3. The molecule has 5 nitrogen and oxygen atoms in total. The van der Waals surface area contributed by atoms with E-state index in [-0.39, 0.29) is 0 Å². The SMILES string of the molecule is CCCCOCCCCOc1ccc(-c2cnc(CCCCCCCCCC3CC3)cn2)cn1. The van der Waals surface area contributed by atoms with Crippen molar-refractivity contribution in [1.29, 1.82) is 0 Å². The zero-order valence-electron chi connectivity index (χ0n) is 21.4. The summed E-state index contributed by atoms with van der Waals surface area (Å²) in [6, 6.07) is 3.92. The Kier molecular flexibility index (Phi) is 13.0. The molecule has 0 amide bonds. The molecule has 0 aromatic carbocycles. The fourth-order valence-corrected chi connectivity index (χ4v) is 4.11. The van der Waals surface area contributed by atoms with Gasteiger partial charge < -0.3 is 9.47 Å². The number of hydrogen-bond acceptors (Lipinski definition) is 5. The zero-order chi connectivity index (χ0) is 23.7. The second-order valence-corrected chi connectivity index (χ2v) is 9.76. The minimum Gasteiger partial charge on any atom is -0.478 e. The van der Waals surface area contributed by atoms with Gasteiger partial charge in [0.15, 0.2) is 0 Å². The topological polar surface area (TPSA) is 57.1 Å². The van der Waals surface area contributed by atoms with Crippen molar-refractivity contribution in [1.82, 2.24) is 15.0 Å². The molecule has 0 unspecified atom stereocenters. The molecule has 0 spiro atoms. The number of hydrogen-bond donors (Lipinski definition) is 0. The maximum Gasteiger partial charge on any atom is 0.213 e. The van der Waals surface area contributed by atoms with Crippen LogP contribution >= 0.6 is 0 Å². The lowest BCUT2D eigenvalue weighted by Gasteiger charge is -2.07. The van der Waals surface area contributed by atoms with Crippen LogP contribution in [0.1, 0.15) is 103 Å². The Balaban J connectivity index is 1.23. The summed E-state index contributed by atoms with van der Waals surface area (Å²) in [5.74, 6) is 1.75. The molecule has 0 saturated heterocycles. The Morgan fingerprint density at radius 2 is 1.50 bits per heavy atom. The molecule has 188 valence electrons. The van der Waals surface area contributed by atoms with E-state index in [1.165, 1.54) is 70.6 Å². The second-order valence-electron chi connectivity index (χ2n) is 9.76. The van der Waals surface area contributed by atoms with Gasteiger partial charge in [0.05, 0.1) is 24.2 Å². The van der Waals surface area contributed by atoms with E-state index in [0.29, 0.717) is 12.5 Å². The van der Waals surface area contributed by atoms with E-state index in [1.807, 2.05) is 30.7 Å². The van der Waals surface area contributed by atoms with Crippen molar-refractivity contribution >= 4 is 0 Å². The van der Waals surface area contributed by atoms with Crippen molar-refractivity contribution in [2.75, 3.05) is 19.8 Å². The number of ether oxygens (including phenoxy) is 2. The van der Waals surface area contributed by atoms with Gasteiger partial charge in [-0.3, -0.25) is 9.97 Å². The molecule has 3 rings (SSSR count). The summed E-state index contributed by atoms with van der Waals surface area (Å²) in [4.78, 5) is 13.7. The maximum absolute atomic E-state index is 5.74. The zero-order valence-corrected chi connectivity index (χ0v) is 21.4. The van der Waals surface area contributed by atoms with E-state index >= 15 is 0 Å². The number of rotatable bonds is 20. The van der Waals surface area contributed by atoms with Gasteiger partial charge in [-0.1, -0.05) is 71.1 Å². The van der Waals surface area contributed by atoms with Crippen LogP contribution in [0.4, 0.5) is 0 Å². The molecular weight excluding hydrogens is 422 g/mol. The Bertz CT molecular complexity index is 760. The van der Waals surface area contributed by atoms with Crippen LogP contribution < -0.4 is 4.74 Å². The quantitative estimate of drug-likeness (QED) is 0.188. The first kappa shape index (κ1) is 26.6. The highest BCUT2D eigenvalue weighted by Crippen LogP contribution is 2.34. The van der Waals surface area contributed by atoms with Crippen LogP contribution in [-0.2, 0) is 11.2 Å². The maximum atomic E-state index is 5.74. The smallest absolute Gasteiger partial charge is 0.213 e. The van der Waals surface area contributed by atoms with Gasteiger partial charge in [0.1, 0.15) is 0 Å². The molecule has 1 saturated carbocycles. The third-order valence-electron chi connectivity index (χ3n) is 6.55. The van der Waals surface area contributed by atoms with Crippen LogP contribution in [0, 0.1) is 5.92 Å². The van der Waals surface area contributed by atoms with Crippen molar-refractivity contribution in [2.45, 2.75) is 103 Å². The molecule has 2 aromatic rings. The Hall–Kier alpha value is -2.01. The van der Waals surface area contributed by atoms with Gasteiger partial charge in [-0.2, -0.15) is 0 Å². The van der Waals surface area contributed by atoms with Crippen LogP contribution in [0.3, 0.4) is 0 Å². The van der Waals surface area contributed by atoms with Crippen molar-refractivity contribution in [3.05, 3.63) is 36.4 Å². The average Bonchev–Trinajstić information content (AvgIpc) is 3.70. The molecular formula is C29H45N3O2. The molecule has 0 aliphatic heterocycles. The minimum atomic E-state index is 0.656. The highest BCUT2D eigenvalue weighted by Gasteiger charge is 2.19. The number of unbranched alkanes of at least 4 members (excludes halogenated alkanes) is 8. The van der Waals surface area contributed by atoms with Gasteiger partial charge in [-0.25, -0.2) is 4.98 Å². The Morgan fingerprint density at radius 1 is 0.735 bits per heavy atom. The van der Waals surface area contributed by atoms with Crippen LogP contribution in [0.2, 0.25) is 0 Å². The van der Waals surface area contributed by atoms with Gasteiger partial charge in [0.2, 0.25) is 5.88 Å². The fourth-order valence-electron chi connectivity index (χ4n) is 4.11. The molecule has 5 heteroatoms. The summed E-state index contributed by atoms with van der Waals surface area (Å²) in [6.45, 7) is 4.52. The van der Waals surface area contributed by atoms with E-state index < -0.39 is 0 Å². The predicted molar refractivity (Wildman–Crippen MR) is 139 cm³/mol. The predicted octanol–water partition coefficient (Wildman–Crippen LogP) is 7.59. The fraction of sp³-hybridized carbons (Fsp3) is 0.690. The normalized spacial score (nSPS) is 13.3. The summed E-state index contributed by atoms with van der Waals surface area (Å²) in [6.07, 6.45) is 24.9. The third kappa shape index (κ3) is 11.4. The van der Waals surface area contributed by atoms with Crippen molar-refractivity contribution in [2.24, 2.45) is 5.92 Å². The Labute approximate surface area is 207 Å². The van der Waals surface area contributed by atoms with E-state index in [9.17, 15) is 0 Å². The lowest BCUT2D eigenvalue weighted by Crippen LogP contribution is -2.02. The summed E-state index contributed by atoms with van der Waals surface area (Å²) in [7, 11) is 0. The van der Waals surface area contributed by atoms with Crippen molar-refractivity contribution in [3.63, 3.8) is 0 Å². The second kappa shape index (κ2) is 16.6. The molecule has 2 aromatic heterocycles. The van der Waals surface area contributed by atoms with Crippen molar-refractivity contribution in [3.8, 4) is 17.1 Å². The molecule has 1 aliphatic rings. The van der Waals surface area contributed by atoms with E-state index in [4.69, 9.17) is 9.47 Å². The molecule has 0 radical (unpaired) electrons. The van der Waals surface area contributed by atoms with Gasteiger partial charge in [-0.05, 0) is 44.1 Å². The van der Waals surface area contributed by atoms with Crippen LogP contribution in [0.5, 0.6) is 5.88 Å². The van der Waals surface area contributed by atoms with Crippen molar-refractivity contribution < 1.29 is 9.47 Å². The molecule has 0 N–H and O–H groups in total. The third-order valence-corrected chi connectivity index (χ3v) is 6.55. The largest absolute Gasteiger partial charge is 0.478 e. The Morgan fingerprint density at radius 3 is 2.21 bits per heavy atom. The average molecular weight is 468 g/mol. The lowest BCUT2D eigenvalue weighted by molar-refractivity contribution is 0.123. The lowest BCUT2D eigenvalue weighted by atomic mass is 10.1. The first-order valence-corrected chi connectivity index (χ1v) is 13.8. The monoisotopic (exact) mass is 467 g/mol. The van der Waals surface area contributed by atoms with Crippen LogP contribution in [0.15, 0.2) is 30.7 Å². The molecule has 1 fully saturated rings. The number of aromatic nitrogens is 3. The molecule has 0 bridgehead atoms. The summed E-state index contributed by atoms with van der Waals surface area (Å²) in [5, 5.41) is 0. The van der Waals surface area contributed by atoms with Crippen LogP contribution in [-0.4, -0.2) is 34.8 Å². The van der Waals surface area contributed by atoms with Gasteiger partial charge in [0, 0.05) is 37.2 Å². The van der Waals surface area contributed by atoms with E-state index in [1.54, 1.807) is 0 Å². The van der Waals surface area contributed by atoms with Crippen LogP contribution in [0.25, 0.3) is 11.3 Å². The highest BCUT2D eigenvalue weighted by atomic mass is 16.5. The summed E-state index contributed by atoms with van der Waals surface area (Å²) >= 11 is 0. The standard InChI is InChI=1S/C29H45N3O2/c1-2-3-19-33-20-11-12-21-34-29-18-17-26(22-32-29)28-24-30-27(23-31-28)14-10-8-6-4-5-7-9-13-25-15-16-25/h17-18,22-25H,2-16,19-21H2,1H3.